The molecule has 0 heterocycles. The largest absolute Gasteiger partial charge is 0.534 e. The lowest BCUT2D eigenvalue weighted by Crippen LogP contribution is -2.28. The van der Waals surface area contributed by atoms with Crippen molar-refractivity contribution in [1.82, 2.24) is 0 Å². The molecule has 0 aliphatic heterocycles. The van der Waals surface area contributed by atoms with Gasteiger partial charge < -0.3 is 8.92 Å². The molecule has 2 rings (SSSR count). The van der Waals surface area contributed by atoms with E-state index in [0.717, 1.165) is 6.07 Å². The van der Waals surface area contributed by atoms with Crippen molar-refractivity contribution in [2.45, 2.75) is 5.51 Å². The lowest BCUT2D eigenvalue weighted by atomic mass is 10.0. The number of hydrogen-bond acceptors (Lipinski definition) is 4. The Kier molecular flexibility index (Phi) is 4.32. The first-order chi connectivity index (χ1) is 10.3. The van der Waals surface area contributed by atoms with Crippen molar-refractivity contribution in [2.75, 3.05) is 7.11 Å². The fraction of sp³-hybridized carbons (Fsp3) is 0.143. The maximum atomic E-state index is 12.5. The van der Waals surface area contributed by atoms with Gasteiger partial charge in [0.2, 0.25) is 0 Å². The lowest BCUT2D eigenvalue weighted by Gasteiger charge is -2.15. The maximum Gasteiger partial charge on any atom is 0.534 e. The molecule has 2 aromatic rings. The van der Waals surface area contributed by atoms with Crippen LogP contribution in [0.2, 0.25) is 0 Å². The molecule has 0 saturated carbocycles. The zero-order chi connectivity index (χ0) is 16.4. The molecule has 0 N–H and O–H groups in total. The second kappa shape index (κ2) is 5.88. The van der Waals surface area contributed by atoms with Crippen LogP contribution in [0.15, 0.2) is 48.5 Å². The average molecular weight is 332 g/mol. The Morgan fingerprint density at radius 1 is 0.909 bits per heavy atom. The highest BCUT2D eigenvalue weighted by atomic mass is 32.2. The van der Waals surface area contributed by atoms with Crippen LogP contribution in [-0.2, 0) is 10.1 Å². The third kappa shape index (κ3) is 3.16. The van der Waals surface area contributed by atoms with E-state index in [4.69, 9.17) is 4.74 Å². The van der Waals surface area contributed by atoms with E-state index in [1.807, 2.05) is 0 Å². The quantitative estimate of drug-likeness (QED) is 0.634. The van der Waals surface area contributed by atoms with E-state index >= 15 is 0 Å². The van der Waals surface area contributed by atoms with Crippen LogP contribution in [0.5, 0.6) is 11.5 Å². The highest BCUT2D eigenvalue weighted by molar-refractivity contribution is 7.88. The van der Waals surface area contributed by atoms with E-state index in [2.05, 4.69) is 4.18 Å². The van der Waals surface area contributed by atoms with E-state index in [1.54, 1.807) is 30.3 Å². The normalized spacial score (nSPS) is 12.0. The molecular weight excluding hydrogens is 321 g/mol. The standard InChI is InChI=1S/C14H11F3O4S/c1-20-11-8-5-9-12(21-22(18,19)14(15,16)17)13(11)10-6-3-2-4-7-10/h2-9H,1H3. The van der Waals surface area contributed by atoms with Crippen molar-refractivity contribution >= 4 is 10.1 Å². The minimum atomic E-state index is -5.76. The van der Waals surface area contributed by atoms with Crippen LogP contribution in [0.25, 0.3) is 11.1 Å². The van der Waals surface area contributed by atoms with Gasteiger partial charge in [-0.2, -0.15) is 21.6 Å². The van der Waals surface area contributed by atoms with Crippen LogP contribution in [0.4, 0.5) is 13.2 Å². The van der Waals surface area contributed by atoms with Gasteiger partial charge in [-0.3, -0.25) is 0 Å². The first-order valence-electron chi connectivity index (χ1n) is 5.99. The number of halogens is 3. The topological polar surface area (TPSA) is 52.6 Å². The minimum Gasteiger partial charge on any atom is -0.496 e. The van der Waals surface area contributed by atoms with Crippen LogP contribution in [-0.4, -0.2) is 21.0 Å². The molecule has 8 heteroatoms. The number of methoxy groups -OCH3 is 1. The molecular formula is C14H11F3O4S. The van der Waals surface area contributed by atoms with Crippen molar-refractivity contribution in [1.29, 1.82) is 0 Å². The van der Waals surface area contributed by atoms with E-state index in [0.29, 0.717) is 5.56 Å². The van der Waals surface area contributed by atoms with E-state index in [-0.39, 0.29) is 11.3 Å². The van der Waals surface area contributed by atoms with Gasteiger partial charge in [0, 0.05) is 0 Å². The van der Waals surface area contributed by atoms with Crippen molar-refractivity contribution in [3.8, 4) is 22.6 Å². The predicted molar refractivity (Wildman–Crippen MR) is 74.0 cm³/mol. The molecule has 2 aromatic carbocycles. The van der Waals surface area contributed by atoms with Crippen molar-refractivity contribution in [3.63, 3.8) is 0 Å². The average Bonchev–Trinajstić information content (AvgIpc) is 2.46. The molecule has 0 aromatic heterocycles. The van der Waals surface area contributed by atoms with Crippen molar-refractivity contribution < 1.29 is 30.5 Å². The number of ether oxygens (including phenoxy) is 1. The molecule has 0 radical (unpaired) electrons. The predicted octanol–water partition coefficient (Wildman–Crippen LogP) is 3.59. The smallest absolute Gasteiger partial charge is 0.496 e. The summed E-state index contributed by atoms with van der Waals surface area (Å²) in [6, 6.07) is 12.2. The lowest BCUT2D eigenvalue weighted by molar-refractivity contribution is -0.0499. The number of benzene rings is 2. The highest BCUT2D eigenvalue weighted by Crippen LogP contribution is 2.40. The summed E-state index contributed by atoms with van der Waals surface area (Å²) in [7, 11) is -4.44. The van der Waals surface area contributed by atoms with Gasteiger partial charge in [0.1, 0.15) is 5.75 Å². The van der Waals surface area contributed by atoms with Crippen molar-refractivity contribution in [2.24, 2.45) is 0 Å². The van der Waals surface area contributed by atoms with Crippen LogP contribution in [0.3, 0.4) is 0 Å². The SMILES string of the molecule is COc1cccc(OS(=O)(=O)C(F)(F)F)c1-c1ccccc1. The molecule has 22 heavy (non-hydrogen) atoms. The highest BCUT2D eigenvalue weighted by Gasteiger charge is 2.48. The summed E-state index contributed by atoms with van der Waals surface area (Å²) in [4.78, 5) is 0. The van der Waals surface area contributed by atoms with Crippen LogP contribution in [0, 0.1) is 0 Å². The molecule has 0 amide bonds. The first-order valence-corrected chi connectivity index (χ1v) is 7.40. The summed E-state index contributed by atoms with van der Waals surface area (Å²) in [6.07, 6.45) is 0. The first kappa shape index (κ1) is 16.2. The Balaban J connectivity index is 2.59. The van der Waals surface area contributed by atoms with Gasteiger partial charge in [-0.25, -0.2) is 0 Å². The summed E-state index contributed by atoms with van der Waals surface area (Å²) in [5.74, 6) is -0.260. The molecule has 0 fully saturated rings. The Labute approximate surface area is 125 Å². The minimum absolute atomic E-state index is 0.124. The van der Waals surface area contributed by atoms with Crippen LogP contribution in [0.1, 0.15) is 0 Å². The summed E-state index contributed by atoms with van der Waals surface area (Å²) in [5, 5.41) is 0. The summed E-state index contributed by atoms with van der Waals surface area (Å²) in [5.41, 5.74) is -4.92. The molecule has 0 unspecified atom stereocenters. The van der Waals surface area contributed by atoms with E-state index < -0.39 is 21.4 Å². The van der Waals surface area contributed by atoms with Gasteiger partial charge in [-0.05, 0) is 17.7 Å². The number of rotatable bonds is 4. The monoisotopic (exact) mass is 332 g/mol. The van der Waals surface area contributed by atoms with Crippen molar-refractivity contribution in [3.05, 3.63) is 48.5 Å². The van der Waals surface area contributed by atoms with E-state index in [1.165, 1.54) is 19.2 Å². The summed E-state index contributed by atoms with van der Waals surface area (Å²) >= 11 is 0. The molecule has 118 valence electrons. The summed E-state index contributed by atoms with van der Waals surface area (Å²) in [6.45, 7) is 0. The second-order valence-corrected chi connectivity index (χ2v) is 5.72. The Bertz CT molecular complexity index is 755. The van der Waals surface area contributed by atoms with Gasteiger partial charge in [0.25, 0.3) is 0 Å². The molecule has 0 aliphatic rings. The Morgan fingerprint density at radius 2 is 1.50 bits per heavy atom. The summed E-state index contributed by atoms with van der Waals surface area (Å²) < 4.78 is 69.3. The van der Waals surface area contributed by atoms with Crippen LogP contribution >= 0.6 is 0 Å². The second-order valence-electron chi connectivity index (χ2n) is 4.18. The molecule has 0 aliphatic carbocycles. The fourth-order valence-electron chi connectivity index (χ4n) is 1.81. The molecule has 4 nitrogen and oxygen atoms in total. The van der Waals surface area contributed by atoms with Gasteiger partial charge in [-0.1, -0.05) is 36.4 Å². The molecule has 0 spiro atoms. The number of hydrogen-bond donors (Lipinski definition) is 0. The van der Waals surface area contributed by atoms with Crippen LogP contribution < -0.4 is 8.92 Å². The number of alkyl halides is 3. The third-order valence-corrected chi connectivity index (χ3v) is 3.72. The zero-order valence-corrected chi connectivity index (χ0v) is 12.1. The third-order valence-electron chi connectivity index (χ3n) is 2.75. The zero-order valence-electron chi connectivity index (χ0n) is 11.3. The Morgan fingerprint density at radius 3 is 2.05 bits per heavy atom. The van der Waals surface area contributed by atoms with Gasteiger partial charge >= 0.3 is 15.6 Å². The molecule has 0 saturated heterocycles. The van der Waals surface area contributed by atoms with E-state index in [9.17, 15) is 21.6 Å². The molecule has 0 bridgehead atoms. The molecule has 0 atom stereocenters. The fourth-order valence-corrected chi connectivity index (χ4v) is 2.28. The Hall–Kier alpha value is -2.22. The van der Waals surface area contributed by atoms with Gasteiger partial charge in [0.15, 0.2) is 5.75 Å². The van der Waals surface area contributed by atoms with Gasteiger partial charge in [0.05, 0.1) is 12.7 Å². The maximum absolute atomic E-state index is 12.5. The van der Waals surface area contributed by atoms with Gasteiger partial charge in [-0.15, -0.1) is 0 Å².